The molecule has 2 fully saturated rings. The Balaban J connectivity index is 1.46. The van der Waals surface area contributed by atoms with E-state index in [1.807, 2.05) is 19.2 Å². The number of nitrogens with zero attached hydrogens (tertiary/aromatic N) is 4. The molecule has 1 saturated heterocycles. The van der Waals surface area contributed by atoms with Gasteiger partial charge in [0.1, 0.15) is 11.6 Å². The van der Waals surface area contributed by atoms with Crippen LogP contribution in [0.25, 0.3) is 16.0 Å². The number of benzene rings is 2. The number of aromatic nitrogens is 2. The molecule has 1 aliphatic heterocycles. The molecule has 2 aromatic carbocycles. The van der Waals surface area contributed by atoms with Crippen molar-refractivity contribution >= 4 is 17.2 Å². The first-order valence-corrected chi connectivity index (χ1v) is 11.0. The number of ether oxygens (including phenoxy) is 1. The molecular formula is C25H24N6O. The molecule has 3 aromatic rings. The Morgan fingerprint density at radius 2 is 2.06 bits per heavy atom. The minimum absolute atomic E-state index is 0.164. The molecule has 6 rings (SSSR count). The molecule has 7 nitrogen and oxygen atoms in total. The standard InChI is InChI=1S/C25H24N6O/c1-27-15-5-3-6-16(11-15)32-24-29-20-12-18-17(7-4-8-19(18)28-2)22(20)23(30-24)31-13-21(26)25(14-31)9-10-25/h3-8,11,21,28H,9-10,12-14,26H2,2H3/t21-/m0/s1. The molecule has 0 amide bonds. The van der Waals surface area contributed by atoms with Gasteiger partial charge >= 0.3 is 6.01 Å². The molecule has 3 aliphatic rings. The Bertz CT molecular complexity index is 1280. The molecule has 2 aliphatic carbocycles. The maximum absolute atomic E-state index is 7.26. The van der Waals surface area contributed by atoms with Crippen molar-refractivity contribution in [2.75, 3.05) is 30.4 Å². The third kappa shape index (κ3) is 2.91. The summed E-state index contributed by atoms with van der Waals surface area (Å²) in [6, 6.07) is 13.9. The largest absolute Gasteiger partial charge is 0.426 e. The molecule has 1 spiro atoms. The summed E-state index contributed by atoms with van der Waals surface area (Å²) in [6.07, 6.45) is 3.09. The number of nitrogens with two attached hydrogens (primary N) is 1. The highest BCUT2D eigenvalue weighted by molar-refractivity contribution is 5.88. The maximum Gasteiger partial charge on any atom is 0.324 e. The summed E-state index contributed by atoms with van der Waals surface area (Å²) in [5.74, 6) is 1.46. The fourth-order valence-electron chi connectivity index (χ4n) is 5.13. The van der Waals surface area contributed by atoms with Crippen molar-refractivity contribution in [1.82, 2.24) is 9.97 Å². The first kappa shape index (κ1) is 19.1. The van der Waals surface area contributed by atoms with Crippen LogP contribution in [-0.4, -0.2) is 36.1 Å². The number of hydrogen-bond acceptors (Lipinski definition) is 6. The SMILES string of the molecule is [C-]#[N+]c1cccc(Oc2nc3c(c(N4C[C@H](N)C5(CC5)C4)n2)-c2cccc(NC)c2C3)c1. The van der Waals surface area contributed by atoms with Crippen LogP contribution >= 0.6 is 0 Å². The van der Waals surface area contributed by atoms with E-state index in [9.17, 15) is 0 Å². The van der Waals surface area contributed by atoms with Crippen LogP contribution < -0.4 is 20.7 Å². The molecular weight excluding hydrogens is 400 g/mol. The van der Waals surface area contributed by atoms with E-state index in [1.165, 1.54) is 24.0 Å². The second kappa shape index (κ2) is 6.94. The Labute approximate surface area is 187 Å². The van der Waals surface area contributed by atoms with Gasteiger partial charge in [-0.15, -0.1) is 0 Å². The van der Waals surface area contributed by atoms with Gasteiger partial charge in [0.2, 0.25) is 0 Å². The number of fused-ring (bicyclic) bond motifs is 3. The Kier molecular flexibility index (Phi) is 4.14. The van der Waals surface area contributed by atoms with E-state index in [0.717, 1.165) is 42.3 Å². The summed E-state index contributed by atoms with van der Waals surface area (Å²) in [5.41, 5.74) is 12.9. The third-order valence-corrected chi connectivity index (χ3v) is 7.06. The maximum atomic E-state index is 7.26. The third-order valence-electron chi connectivity index (χ3n) is 7.06. The van der Waals surface area contributed by atoms with Crippen molar-refractivity contribution in [3.8, 4) is 22.9 Å². The van der Waals surface area contributed by atoms with Crippen LogP contribution in [0.3, 0.4) is 0 Å². The van der Waals surface area contributed by atoms with Crippen molar-refractivity contribution in [2.24, 2.45) is 11.1 Å². The van der Waals surface area contributed by atoms with E-state index < -0.39 is 0 Å². The van der Waals surface area contributed by atoms with Gasteiger partial charge in [0.25, 0.3) is 0 Å². The average molecular weight is 425 g/mol. The molecule has 2 heterocycles. The lowest BCUT2D eigenvalue weighted by Gasteiger charge is -2.21. The predicted molar refractivity (Wildman–Crippen MR) is 124 cm³/mol. The van der Waals surface area contributed by atoms with Gasteiger partial charge in [-0.25, -0.2) is 4.85 Å². The lowest BCUT2D eigenvalue weighted by molar-refractivity contribution is 0.440. The fraction of sp³-hybridized carbons (Fsp3) is 0.320. The fourth-order valence-corrected chi connectivity index (χ4v) is 5.13. The normalized spacial score (nSPS) is 19.4. The van der Waals surface area contributed by atoms with E-state index in [4.69, 9.17) is 27.0 Å². The van der Waals surface area contributed by atoms with Gasteiger partial charge in [-0.05, 0) is 42.2 Å². The van der Waals surface area contributed by atoms with Crippen LogP contribution in [0.2, 0.25) is 0 Å². The Morgan fingerprint density at radius 3 is 2.81 bits per heavy atom. The van der Waals surface area contributed by atoms with Crippen molar-refractivity contribution < 1.29 is 4.74 Å². The summed E-state index contributed by atoms with van der Waals surface area (Å²) in [4.78, 5) is 15.5. The highest BCUT2D eigenvalue weighted by Crippen LogP contribution is 2.54. The molecule has 160 valence electrons. The zero-order valence-electron chi connectivity index (χ0n) is 17.9. The average Bonchev–Trinajstić information content (AvgIpc) is 3.39. The number of nitrogens with one attached hydrogen (secondary N) is 1. The highest BCUT2D eigenvalue weighted by atomic mass is 16.5. The lowest BCUT2D eigenvalue weighted by atomic mass is 10.0. The number of anilines is 2. The molecule has 32 heavy (non-hydrogen) atoms. The molecule has 0 unspecified atom stereocenters. The summed E-state index contributed by atoms with van der Waals surface area (Å²) in [6.45, 7) is 8.97. The Morgan fingerprint density at radius 1 is 1.22 bits per heavy atom. The molecule has 0 bridgehead atoms. The first-order valence-electron chi connectivity index (χ1n) is 11.0. The number of rotatable bonds is 4. The van der Waals surface area contributed by atoms with Gasteiger partial charge in [0.15, 0.2) is 5.69 Å². The molecule has 7 heteroatoms. The second-order valence-corrected chi connectivity index (χ2v) is 8.97. The monoisotopic (exact) mass is 424 g/mol. The van der Waals surface area contributed by atoms with Crippen LogP contribution in [0.4, 0.5) is 17.2 Å². The van der Waals surface area contributed by atoms with Crippen LogP contribution in [0, 0.1) is 12.0 Å². The summed E-state index contributed by atoms with van der Waals surface area (Å²) in [5, 5.41) is 3.31. The topological polar surface area (TPSA) is 80.7 Å². The zero-order chi connectivity index (χ0) is 21.9. The molecule has 3 N–H and O–H groups in total. The summed E-state index contributed by atoms with van der Waals surface area (Å²) in [7, 11) is 1.94. The van der Waals surface area contributed by atoms with Crippen LogP contribution in [0.15, 0.2) is 42.5 Å². The zero-order valence-corrected chi connectivity index (χ0v) is 17.9. The van der Waals surface area contributed by atoms with E-state index in [0.29, 0.717) is 17.4 Å². The summed E-state index contributed by atoms with van der Waals surface area (Å²) < 4.78 is 6.06. The smallest absolute Gasteiger partial charge is 0.324 e. The second-order valence-electron chi connectivity index (χ2n) is 8.97. The van der Waals surface area contributed by atoms with Crippen molar-refractivity contribution in [2.45, 2.75) is 25.3 Å². The minimum atomic E-state index is 0.164. The number of hydrogen-bond donors (Lipinski definition) is 2. The first-order chi connectivity index (χ1) is 15.6. The quantitative estimate of drug-likeness (QED) is 0.474. The molecule has 1 saturated carbocycles. The van der Waals surface area contributed by atoms with E-state index in [1.54, 1.807) is 12.1 Å². The van der Waals surface area contributed by atoms with Gasteiger partial charge in [0, 0.05) is 49.3 Å². The molecule has 0 radical (unpaired) electrons. The van der Waals surface area contributed by atoms with E-state index in [-0.39, 0.29) is 11.5 Å². The van der Waals surface area contributed by atoms with Gasteiger partial charge < -0.3 is 20.7 Å². The van der Waals surface area contributed by atoms with E-state index in [2.05, 4.69) is 33.3 Å². The predicted octanol–water partition coefficient (Wildman–Crippen LogP) is 4.36. The van der Waals surface area contributed by atoms with Gasteiger partial charge in [0.05, 0.1) is 12.3 Å². The van der Waals surface area contributed by atoms with E-state index >= 15 is 0 Å². The van der Waals surface area contributed by atoms with Crippen LogP contribution in [0.5, 0.6) is 11.8 Å². The minimum Gasteiger partial charge on any atom is -0.426 e. The van der Waals surface area contributed by atoms with Crippen LogP contribution in [-0.2, 0) is 6.42 Å². The van der Waals surface area contributed by atoms with Crippen LogP contribution in [0.1, 0.15) is 24.1 Å². The molecule has 1 aromatic heterocycles. The summed E-state index contributed by atoms with van der Waals surface area (Å²) >= 11 is 0. The van der Waals surface area contributed by atoms with Gasteiger partial charge in [-0.2, -0.15) is 9.97 Å². The van der Waals surface area contributed by atoms with Gasteiger partial charge in [-0.3, -0.25) is 0 Å². The highest BCUT2D eigenvalue weighted by Gasteiger charge is 2.54. The van der Waals surface area contributed by atoms with Crippen molar-refractivity contribution in [3.05, 3.63) is 65.1 Å². The van der Waals surface area contributed by atoms with Crippen molar-refractivity contribution in [1.29, 1.82) is 0 Å². The molecule has 1 atom stereocenters. The van der Waals surface area contributed by atoms with Crippen molar-refractivity contribution in [3.63, 3.8) is 0 Å². The Hall–Kier alpha value is -3.63. The lowest BCUT2D eigenvalue weighted by Crippen LogP contribution is -2.30. The van der Waals surface area contributed by atoms with Gasteiger partial charge in [-0.1, -0.05) is 24.3 Å².